The lowest BCUT2D eigenvalue weighted by Gasteiger charge is -2.17. The van der Waals surface area contributed by atoms with Crippen LogP contribution in [0.5, 0.6) is 0 Å². The first-order chi connectivity index (χ1) is 11.6. The Balaban J connectivity index is 1.61. The maximum atomic E-state index is 13.0. The topological polar surface area (TPSA) is 63.4 Å². The lowest BCUT2D eigenvalue weighted by atomic mass is 9.95. The molecule has 0 radical (unpaired) electrons. The van der Waals surface area contributed by atoms with Gasteiger partial charge in [-0.2, -0.15) is 4.31 Å². The van der Waals surface area contributed by atoms with E-state index in [-0.39, 0.29) is 12.0 Å². The van der Waals surface area contributed by atoms with Gasteiger partial charge in [0, 0.05) is 25.0 Å². The molecular formula is C19H22N2O2S. The second-order valence-electron chi connectivity index (χ2n) is 6.79. The first-order valence-electron chi connectivity index (χ1n) is 8.48. The van der Waals surface area contributed by atoms with Crippen molar-refractivity contribution in [1.82, 2.24) is 4.31 Å². The van der Waals surface area contributed by atoms with Crippen molar-refractivity contribution in [2.45, 2.75) is 36.1 Å². The van der Waals surface area contributed by atoms with Crippen molar-refractivity contribution in [2.75, 3.05) is 13.1 Å². The minimum absolute atomic E-state index is 0.0513. The molecule has 0 aromatic heterocycles. The van der Waals surface area contributed by atoms with Crippen LogP contribution in [-0.2, 0) is 22.9 Å². The summed E-state index contributed by atoms with van der Waals surface area (Å²) in [5.41, 5.74) is 9.83. The Morgan fingerprint density at radius 3 is 2.50 bits per heavy atom. The van der Waals surface area contributed by atoms with E-state index in [0.29, 0.717) is 18.0 Å². The van der Waals surface area contributed by atoms with Crippen LogP contribution in [0.1, 0.15) is 29.0 Å². The van der Waals surface area contributed by atoms with Gasteiger partial charge in [0.05, 0.1) is 4.90 Å². The second-order valence-corrected chi connectivity index (χ2v) is 8.73. The molecule has 0 unspecified atom stereocenters. The maximum absolute atomic E-state index is 13.0. The van der Waals surface area contributed by atoms with Gasteiger partial charge < -0.3 is 5.73 Å². The normalized spacial score (nSPS) is 24.2. The van der Waals surface area contributed by atoms with Crippen LogP contribution in [0.2, 0.25) is 0 Å². The summed E-state index contributed by atoms with van der Waals surface area (Å²) in [6.07, 6.45) is 3.15. The summed E-state index contributed by atoms with van der Waals surface area (Å²) >= 11 is 0. The molecule has 1 heterocycles. The monoisotopic (exact) mass is 342 g/mol. The van der Waals surface area contributed by atoms with Gasteiger partial charge in [-0.05, 0) is 48.1 Å². The van der Waals surface area contributed by atoms with Crippen molar-refractivity contribution < 1.29 is 8.42 Å². The quantitative estimate of drug-likeness (QED) is 0.931. The summed E-state index contributed by atoms with van der Waals surface area (Å²) in [6, 6.07) is 15.4. The second kappa shape index (κ2) is 5.99. The highest BCUT2D eigenvalue weighted by molar-refractivity contribution is 7.89. The molecule has 1 aliphatic carbocycles. The molecule has 2 aromatic rings. The molecular weight excluding hydrogens is 320 g/mol. The SMILES string of the molecule is N[C@@H]1CN(S(=O)(=O)c2ccc3c(c2)CCC3)C[C@H]1c1ccccc1. The van der Waals surface area contributed by atoms with Crippen LogP contribution in [0.4, 0.5) is 0 Å². The Hall–Kier alpha value is -1.69. The maximum Gasteiger partial charge on any atom is 0.243 e. The first-order valence-corrected chi connectivity index (χ1v) is 9.92. The Kier molecular flexibility index (Phi) is 3.95. The number of sulfonamides is 1. The van der Waals surface area contributed by atoms with Gasteiger partial charge in [-0.15, -0.1) is 0 Å². The van der Waals surface area contributed by atoms with E-state index in [1.807, 2.05) is 42.5 Å². The average Bonchev–Trinajstić information content (AvgIpc) is 3.21. The van der Waals surface area contributed by atoms with E-state index in [4.69, 9.17) is 5.73 Å². The van der Waals surface area contributed by atoms with Crippen LogP contribution in [0.25, 0.3) is 0 Å². The fourth-order valence-corrected chi connectivity index (χ4v) is 5.45. The number of rotatable bonds is 3. The Morgan fingerprint density at radius 1 is 0.958 bits per heavy atom. The van der Waals surface area contributed by atoms with E-state index >= 15 is 0 Å². The van der Waals surface area contributed by atoms with Crippen molar-refractivity contribution in [3.05, 3.63) is 65.2 Å². The third-order valence-electron chi connectivity index (χ3n) is 5.27. The van der Waals surface area contributed by atoms with Gasteiger partial charge in [0.2, 0.25) is 10.0 Å². The fraction of sp³-hybridized carbons (Fsp3) is 0.368. The van der Waals surface area contributed by atoms with E-state index < -0.39 is 10.0 Å². The van der Waals surface area contributed by atoms with Gasteiger partial charge in [0.1, 0.15) is 0 Å². The molecule has 1 fully saturated rings. The van der Waals surface area contributed by atoms with E-state index in [9.17, 15) is 8.42 Å². The van der Waals surface area contributed by atoms with Gasteiger partial charge in [0.25, 0.3) is 0 Å². The lowest BCUT2D eigenvalue weighted by molar-refractivity contribution is 0.470. The zero-order valence-electron chi connectivity index (χ0n) is 13.6. The van der Waals surface area contributed by atoms with Crippen molar-refractivity contribution >= 4 is 10.0 Å². The molecule has 2 atom stereocenters. The highest BCUT2D eigenvalue weighted by Gasteiger charge is 2.38. The number of hydrogen-bond acceptors (Lipinski definition) is 3. The van der Waals surface area contributed by atoms with Crippen LogP contribution in [-0.4, -0.2) is 31.9 Å². The summed E-state index contributed by atoms with van der Waals surface area (Å²) < 4.78 is 27.6. The molecule has 0 saturated carbocycles. The smallest absolute Gasteiger partial charge is 0.243 e. The molecule has 4 rings (SSSR count). The summed E-state index contributed by atoms with van der Waals surface area (Å²) in [5.74, 6) is 0.0513. The molecule has 1 aliphatic heterocycles. The zero-order chi connectivity index (χ0) is 16.7. The zero-order valence-corrected chi connectivity index (χ0v) is 14.4. The van der Waals surface area contributed by atoms with Gasteiger partial charge in [-0.25, -0.2) is 8.42 Å². The summed E-state index contributed by atoms with van der Waals surface area (Å²) in [5, 5.41) is 0. The molecule has 0 amide bonds. The molecule has 2 N–H and O–H groups in total. The van der Waals surface area contributed by atoms with Crippen LogP contribution < -0.4 is 5.73 Å². The average molecular weight is 342 g/mol. The summed E-state index contributed by atoms with van der Waals surface area (Å²) in [7, 11) is -3.48. The molecule has 2 aliphatic rings. The Labute approximate surface area is 143 Å². The Morgan fingerprint density at radius 2 is 1.71 bits per heavy atom. The number of hydrogen-bond donors (Lipinski definition) is 1. The third kappa shape index (κ3) is 2.66. The molecule has 5 heteroatoms. The third-order valence-corrected chi connectivity index (χ3v) is 7.09. The van der Waals surface area contributed by atoms with Gasteiger partial charge in [-0.3, -0.25) is 0 Å². The number of nitrogens with two attached hydrogens (primary N) is 1. The van der Waals surface area contributed by atoms with E-state index in [2.05, 4.69) is 0 Å². The predicted molar refractivity (Wildman–Crippen MR) is 94.4 cm³/mol. The van der Waals surface area contributed by atoms with Crippen LogP contribution >= 0.6 is 0 Å². The Bertz CT molecular complexity index is 849. The van der Waals surface area contributed by atoms with Gasteiger partial charge >= 0.3 is 0 Å². The minimum atomic E-state index is -3.48. The standard InChI is InChI=1S/C19H22N2O2S/c20-19-13-21(12-18(19)15-5-2-1-3-6-15)24(22,23)17-10-9-14-7-4-8-16(14)11-17/h1-3,5-6,9-11,18-19H,4,7-8,12-13,20H2/t18-,19+/m0/s1. The van der Waals surface area contributed by atoms with Crippen molar-refractivity contribution in [3.63, 3.8) is 0 Å². The minimum Gasteiger partial charge on any atom is -0.326 e. The molecule has 1 saturated heterocycles. The lowest BCUT2D eigenvalue weighted by Crippen LogP contribution is -2.32. The number of aryl methyl sites for hydroxylation is 2. The van der Waals surface area contributed by atoms with E-state index in [1.165, 1.54) is 11.1 Å². The molecule has 0 bridgehead atoms. The largest absolute Gasteiger partial charge is 0.326 e. The summed E-state index contributed by atoms with van der Waals surface area (Å²) in [4.78, 5) is 0.407. The van der Waals surface area contributed by atoms with Crippen LogP contribution in [0, 0.1) is 0 Å². The predicted octanol–water partition coefficient (Wildman–Crippen LogP) is 2.29. The van der Waals surface area contributed by atoms with Crippen molar-refractivity contribution in [1.29, 1.82) is 0 Å². The molecule has 2 aromatic carbocycles. The van der Waals surface area contributed by atoms with Crippen LogP contribution in [0.3, 0.4) is 0 Å². The van der Waals surface area contributed by atoms with Crippen molar-refractivity contribution in [2.24, 2.45) is 5.73 Å². The number of nitrogens with zero attached hydrogens (tertiary/aromatic N) is 1. The van der Waals surface area contributed by atoms with Gasteiger partial charge in [-0.1, -0.05) is 36.4 Å². The first kappa shape index (κ1) is 15.8. The molecule has 4 nitrogen and oxygen atoms in total. The fourth-order valence-electron chi connectivity index (χ4n) is 3.90. The number of fused-ring (bicyclic) bond motifs is 1. The van der Waals surface area contributed by atoms with Crippen molar-refractivity contribution in [3.8, 4) is 0 Å². The summed E-state index contributed by atoms with van der Waals surface area (Å²) in [6.45, 7) is 0.823. The van der Waals surface area contributed by atoms with E-state index in [0.717, 1.165) is 24.8 Å². The van der Waals surface area contributed by atoms with Gasteiger partial charge in [0.15, 0.2) is 0 Å². The molecule has 24 heavy (non-hydrogen) atoms. The van der Waals surface area contributed by atoms with E-state index in [1.54, 1.807) is 10.4 Å². The highest BCUT2D eigenvalue weighted by Crippen LogP contribution is 2.32. The van der Waals surface area contributed by atoms with Crippen LogP contribution in [0.15, 0.2) is 53.4 Å². The molecule has 126 valence electrons. The highest BCUT2D eigenvalue weighted by atomic mass is 32.2. The molecule has 0 spiro atoms. The number of benzene rings is 2.